The minimum absolute atomic E-state index is 0.291. The summed E-state index contributed by atoms with van der Waals surface area (Å²) >= 11 is 0. The fraction of sp³-hybridized carbons (Fsp3) is 0.0476. The van der Waals surface area contributed by atoms with Crippen LogP contribution in [0, 0.1) is 5.82 Å². The topological polar surface area (TPSA) is 89.8 Å². The van der Waals surface area contributed by atoms with Crippen LogP contribution in [-0.2, 0) is 4.79 Å². The van der Waals surface area contributed by atoms with E-state index in [1.54, 1.807) is 18.2 Å². The maximum absolute atomic E-state index is 13.1. The van der Waals surface area contributed by atoms with E-state index in [0.717, 1.165) is 5.56 Å². The van der Waals surface area contributed by atoms with Gasteiger partial charge in [0.2, 0.25) is 0 Å². The molecule has 4 N–H and O–H groups in total. The van der Waals surface area contributed by atoms with Crippen LogP contribution in [0.2, 0.25) is 0 Å². The first-order chi connectivity index (χ1) is 13.6. The zero-order chi connectivity index (χ0) is 19.5. The third-order valence-corrected chi connectivity index (χ3v) is 4.33. The van der Waals surface area contributed by atoms with Gasteiger partial charge in [-0.3, -0.25) is 4.79 Å². The third kappa shape index (κ3) is 3.78. The molecule has 140 valence electrons. The second-order valence-electron chi connectivity index (χ2n) is 6.32. The molecular formula is C21H17FN4O2. The van der Waals surface area contributed by atoms with Crippen molar-refractivity contribution in [3.05, 3.63) is 94.7 Å². The molecule has 1 atom stereocenters. The Labute approximate surface area is 159 Å². The van der Waals surface area contributed by atoms with Crippen molar-refractivity contribution in [3.63, 3.8) is 0 Å². The van der Waals surface area contributed by atoms with Crippen LogP contribution in [0.25, 0.3) is 11.0 Å². The Balaban J connectivity index is 1.63. The standard InChI is InChI=1S/C21H17FN4O2/c22-14-6-8-15(9-7-14)24-20(27)19(13-4-2-1-3-5-13)23-16-10-11-17-18(12-16)26-21(28)25-17/h1-12,19,23H,(H,24,27)(H2,25,26,28)/t19-/m0/s1. The van der Waals surface area contributed by atoms with Crippen molar-refractivity contribution >= 4 is 28.3 Å². The summed E-state index contributed by atoms with van der Waals surface area (Å²) < 4.78 is 13.1. The molecule has 0 bridgehead atoms. The molecule has 0 unspecified atom stereocenters. The van der Waals surface area contributed by atoms with Crippen LogP contribution in [0.15, 0.2) is 77.6 Å². The number of hydrogen-bond donors (Lipinski definition) is 4. The monoisotopic (exact) mass is 376 g/mol. The third-order valence-electron chi connectivity index (χ3n) is 4.33. The van der Waals surface area contributed by atoms with E-state index in [2.05, 4.69) is 20.6 Å². The molecule has 0 radical (unpaired) electrons. The van der Waals surface area contributed by atoms with Gasteiger partial charge >= 0.3 is 5.69 Å². The molecule has 4 rings (SSSR count). The van der Waals surface area contributed by atoms with Gasteiger partial charge in [0, 0.05) is 11.4 Å². The van der Waals surface area contributed by atoms with Crippen LogP contribution in [-0.4, -0.2) is 15.9 Å². The Kier molecular flexibility index (Phi) is 4.63. The van der Waals surface area contributed by atoms with Gasteiger partial charge in [-0.2, -0.15) is 0 Å². The van der Waals surface area contributed by atoms with Crippen molar-refractivity contribution in [2.75, 3.05) is 10.6 Å². The number of carbonyl (C=O) groups is 1. The lowest BCUT2D eigenvalue weighted by molar-refractivity contribution is -0.117. The van der Waals surface area contributed by atoms with Gasteiger partial charge in [0.15, 0.2) is 0 Å². The molecule has 0 aliphatic rings. The average molecular weight is 376 g/mol. The van der Waals surface area contributed by atoms with Gasteiger partial charge in [-0.25, -0.2) is 9.18 Å². The molecular weight excluding hydrogens is 359 g/mol. The van der Waals surface area contributed by atoms with E-state index >= 15 is 0 Å². The van der Waals surface area contributed by atoms with E-state index in [9.17, 15) is 14.0 Å². The van der Waals surface area contributed by atoms with Crippen LogP contribution in [0.5, 0.6) is 0 Å². The summed E-state index contributed by atoms with van der Waals surface area (Å²) in [5.74, 6) is -0.662. The van der Waals surface area contributed by atoms with Crippen molar-refractivity contribution in [2.24, 2.45) is 0 Å². The molecule has 0 spiro atoms. The SMILES string of the molecule is O=C(Nc1ccc(F)cc1)[C@@H](Nc1ccc2[nH]c(=O)[nH]c2c1)c1ccccc1. The zero-order valence-electron chi connectivity index (χ0n) is 14.7. The Morgan fingerprint density at radius 2 is 1.54 bits per heavy atom. The number of imidazole rings is 1. The lowest BCUT2D eigenvalue weighted by Gasteiger charge is -2.20. The summed E-state index contributed by atoms with van der Waals surface area (Å²) in [6.45, 7) is 0. The number of aromatic amines is 2. The highest BCUT2D eigenvalue weighted by atomic mass is 19.1. The van der Waals surface area contributed by atoms with Gasteiger partial charge in [-0.1, -0.05) is 30.3 Å². The highest BCUT2D eigenvalue weighted by Gasteiger charge is 2.21. The molecule has 7 heteroatoms. The summed E-state index contributed by atoms with van der Waals surface area (Å²) in [6.07, 6.45) is 0. The molecule has 0 fully saturated rings. The second kappa shape index (κ2) is 7.40. The van der Waals surface area contributed by atoms with E-state index in [1.165, 1.54) is 24.3 Å². The minimum atomic E-state index is -0.686. The van der Waals surface area contributed by atoms with Gasteiger partial charge in [0.1, 0.15) is 11.9 Å². The minimum Gasteiger partial charge on any atom is -0.370 e. The number of benzene rings is 3. The second-order valence-corrected chi connectivity index (χ2v) is 6.32. The number of amides is 1. The first-order valence-electron chi connectivity index (χ1n) is 8.68. The number of halogens is 1. The van der Waals surface area contributed by atoms with Gasteiger partial charge in [-0.15, -0.1) is 0 Å². The number of fused-ring (bicyclic) bond motifs is 1. The molecule has 1 heterocycles. The van der Waals surface area contributed by atoms with Crippen molar-refractivity contribution < 1.29 is 9.18 Å². The summed E-state index contributed by atoms with van der Waals surface area (Å²) in [4.78, 5) is 29.8. The number of H-pyrrole nitrogens is 2. The fourth-order valence-electron chi connectivity index (χ4n) is 2.98. The smallest absolute Gasteiger partial charge is 0.323 e. The number of carbonyl (C=O) groups excluding carboxylic acids is 1. The zero-order valence-corrected chi connectivity index (χ0v) is 14.7. The van der Waals surface area contributed by atoms with E-state index in [1.807, 2.05) is 30.3 Å². The molecule has 4 aromatic rings. The highest BCUT2D eigenvalue weighted by Crippen LogP contribution is 2.23. The van der Waals surface area contributed by atoms with Gasteiger partial charge < -0.3 is 20.6 Å². The Morgan fingerprint density at radius 3 is 2.29 bits per heavy atom. The normalized spacial score (nSPS) is 11.9. The molecule has 6 nitrogen and oxygen atoms in total. The van der Waals surface area contributed by atoms with E-state index < -0.39 is 6.04 Å². The number of hydrogen-bond acceptors (Lipinski definition) is 3. The molecule has 0 aliphatic carbocycles. The quantitative estimate of drug-likeness (QED) is 0.427. The van der Waals surface area contributed by atoms with Crippen LogP contribution in [0.1, 0.15) is 11.6 Å². The molecule has 28 heavy (non-hydrogen) atoms. The van der Waals surface area contributed by atoms with Crippen molar-refractivity contribution in [2.45, 2.75) is 6.04 Å². The number of anilines is 2. The number of rotatable bonds is 5. The number of aromatic nitrogens is 2. The average Bonchev–Trinajstić information content (AvgIpc) is 3.07. The summed E-state index contributed by atoms with van der Waals surface area (Å²) in [7, 11) is 0. The van der Waals surface area contributed by atoms with Crippen LogP contribution in [0.3, 0.4) is 0 Å². The molecule has 3 aromatic carbocycles. The lowest BCUT2D eigenvalue weighted by Crippen LogP contribution is -2.27. The molecule has 1 aromatic heterocycles. The van der Waals surface area contributed by atoms with Crippen molar-refractivity contribution in [1.29, 1.82) is 0 Å². The Bertz CT molecular complexity index is 1170. The van der Waals surface area contributed by atoms with Crippen molar-refractivity contribution in [3.8, 4) is 0 Å². The van der Waals surface area contributed by atoms with Gasteiger partial charge in [0.25, 0.3) is 5.91 Å². The summed E-state index contributed by atoms with van der Waals surface area (Å²) in [5.41, 5.74) is 2.97. The predicted molar refractivity (Wildman–Crippen MR) is 107 cm³/mol. The Hall–Kier alpha value is -3.87. The van der Waals surface area contributed by atoms with Crippen LogP contribution >= 0.6 is 0 Å². The van der Waals surface area contributed by atoms with Crippen LogP contribution in [0.4, 0.5) is 15.8 Å². The van der Waals surface area contributed by atoms with Crippen LogP contribution < -0.4 is 16.3 Å². The lowest BCUT2D eigenvalue weighted by atomic mass is 10.1. The van der Waals surface area contributed by atoms with Gasteiger partial charge in [-0.05, 0) is 48.0 Å². The Morgan fingerprint density at radius 1 is 0.857 bits per heavy atom. The van der Waals surface area contributed by atoms with Crippen molar-refractivity contribution in [1.82, 2.24) is 9.97 Å². The predicted octanol–water partition coefficient (Wildman–Crippen LogP) is 3.79. The van der Waals surface area contributed by atoms with E-state index in [-0.39, 0.29) is 17.4 Å². The van der Waals surface area contributed by atoms with Gasteiger partial charge in [0.05, 0.1) is 11.0 Å². The highest BCUT2D eigenvalue weighted by molar-refractivity contribution is 5.97. The molecule has 0 saturated carbocycles. The number of nitrogens with one attached hydrogen (secondary N) is 4. The maximum Gasteiger partial charge on any atom is 0.323 e. The van der Waals surface area contributed by atoms with E-state index in [0.29, 0.717) is 22.4 Å². The fourth-order valence-corrected chi connectivity index (χ4v) is 2.98. The largest absolute Gasteiger partial charge is 0.370 e. The molecule has 1 amide bonds. The molecule has 0 aliphatic heterocycles. The maximum atomic E-state index is 13.1. The summed E-state index contributed by atoms with van der Waals surface area (Å²) in [5, 5.41) is 6.00. The van der Waals surface area contributed by atoms with E-state index in [4.69, 9.17) is 0 Å². The molecule has 0 saturated heterocycles. The first kappa shape index (κ1) is 17.5. The first-order valence-corrected chi connectivity index (χ1v) is 8.68. The summed E-state index contributed by atoms with van der Waals surface area (Å²) in [6, 6.07) is 19.5.